The highest BCUT2D eigenvalue weighted by Gasteiger charge is 2.32. The maximum absolute atomic E-state index is 11.2. The van der Waals surface area contributed by atoms with Gasteiger partial charge in [0.2, 0.25) is 0 Å². The number of nitrogens with zero attached hydrogens (tertiary/aromatic N) is 6. The van der Waals surface area contributed by atoms with Crippen LogP contribution in [0.15, 0.2) is 85.5 Å². The first-order valence-corrected chi connectivity index (χ1v) is 17.4. The summed E-state index contributed by atoms with van der Waals surface area (Å²) in [5, 5.41) is 28.5. The van der Waals surface area contributed by atoms with Crippen LogP contribution < -0.4 is 10.6 Å². The van der Waals surface area contributed by atoms with E-state index >= 15 is 0 Å². The number of carboxylic acid groups (broad SMARTS) is 1. The Morgan fingerprint density at radius 3 is 2.00 bits per heavy atom. The van der Waals surface area contributed by atoms with Gasteiger partial charge in [0.25, 0.3) is 0 Å². The van der Waals surface area contributed by atoms with E-state index in [1.165, 1.54) is 0 Å². The lowest BCUT2D eigenvalue weighted by Crippen LogP contribution is -2.49. The zero-order chi connectivity index (χ0) is 35.1. The van der Waals surface area contributed by atoms with Crippen molar-refractivity contribution < 1.29 is 15.0 Å². The van der Waals surface area contributed by atoms with Gasteiger partial charge in [-0.15, -0.1) is 0 Å². The van der Waals surface area contributed by atoms with Gasteiger partial charge in [0.1, 0.15) is 11.0 Å². The SMILES string of the molecule is Cc1c(Nc2nccc3cc(CN4CC[C@@H](O)C4)cnc23)cccc1-c1cccc(Nc2nccc3cc(CN4CC(C(=O)O)C4)cnc23)c1Cl. The standard InChI is InChI=1S/C39H37ClN8O3/c1-23-30(4-2-6-32(23)45-37-35-26(8-11-41-37)14-24(16-43-35)18-47-13-10-29(49)22-47)31-5-3-7-33(34(31)40)46-38-36-27(9-12-42-38)15-25(17-44-36)19-48-20-28(21-48)39(50)51/h2-9,11-12,14-17,28-29,49H,10,13,18-22H2,1H3,(H,41,45)(H,42,46)(H,50,51)/t29-/m1/s1. The normalized spacial score (nSPS) is 16.8. The minimum Gasteiger partial charge on any atom is -0.481 e. The van der Waals surface area contributed by atoms with Crippen LogP contribution in [0.2, 0.25) is 5.02 Å². The number of aliphatic hydroxyl groups excluding tert-OH is 1. The largest absolute Gasteiger partial charge is 0.481 e. The van der Waals surface area contributed by atoms with Crippen LogP contribution in [0.5, 0.6) is 0 Å². The van der Waals surface area contributed by atoms with E-state index < -0.39 is 5.97 Å². The van der Waals surface area contributed by atoms with Crippen molar-refractivity contribution >= 4 is 62.4 Å². The van der Waals surface area contributed by atoms with Crippen LogP contribution in [0.4, 0.5) is 23.0 Å². The summed E-state index contributed by atoms with van der Waals surface area (Å²) < 4.78 is 0. The number of hydrogen-bond donors (Lipinski definition) is 4. The molecule has 0 spiro atoms. The maximum atomic E-state index is 11.2. The predicted molar refractivity (Wildman–Crippen MR) is 200 cm³/mol. The van der Waals surface area contributed by atoms with Gasteiger partial charge in [0, 0.05) is 86.1 Å². The Hall–Kier alpha value is -5.20. The Balaban J connectivity index is 1.02. The Morgan fingerprint density at radius 1 is 0.804 bits per heavy atom. The Bertz CT molecular complexity index is 2280. The number of aliphatic hydroxyl groups is 1. The molecule has 6 aromatic rings. The summed E-state index contributed by atoms with van der Waals surface area (Å²) in [4.78, 5) is 34.3. The molecule has 2 fully saturated rings. The van der Waals surface area contributed by atoms with Gasteiger partial charge in [-0.25, -0.2) is 9.97 Å². The summed E-state index contributed by atoms with van der Waals surface area (Å²) in [7, 11) is 0. The molecule has 0 radical (unpaired) electrons. The lowest BCUT2D eigenvalue weighted by atomic mass is 9.98. The molecular formula is C39H37ClN8O3. The summed E-state index contributed by atoms with van der Waals surface area (Å²) in [5.41, 5.74) is 8.08. The van der Waals surface area contributed by atoms with Crippen molar-refractivity contribution in [1.29, 1.82) is 0 Å². The fourth-order valence-electron chi connectivity index (χ4n) is 7.05. The molecule has 11 nitrogen and oxygen atoms in total. The summed E-state index contributed by atoms with van der Waals surface area (Å²) in [6.45, 7) is 6.15. The minimum atomic E-state index is -0.742. The summed E-state index contributed by atoms with van der Waals surface area (Å²) in [6, 6.07) is 20.1. The first kappa shape index (κ1) is 33.0. The first-order valence-electron chi connectivity index (χ1n) is 17.0. The van der Waals surface area contributed by atoms with E-state index in [2.05, 4.69) is 55.5 Å². The highest BCUT2D eigenvalue weighted by atomic mass is 35.5. The van der Waals surface area contributed by atoms with Gasteiger partial charge in [-0.3, -0.25) is 24.6 Å². The zero-order valence-corrected chi connectivity index (χ0v) is 28.8. The average molecular weight is 701 g/mol. The summed E-state index contributed by atoms with van der Waals surface area (Å²) in [5.74, 6) is 0.227. The van der Waals surface area contributed by atoms with Crippen LogP contribution in [0, 0.1) is 12.8 Å². The Kier molecular flexibility index (Phi) is 8.95. The molecule has 0 saturated carbocycles. The third-order valence-corrected chi connectivity index (χ3v) is 10.2. The van der Waals surface area contributed by atoms with Gasteiger partial charge in [-0.1, -0.05) is 35.9 Å². The molecule has 0 aliphatic carbocycles. The Labute approximate surface area is 300 Å². The molecule has 258 valence electrons. The number of carbonyl (C=O) groups is 1. The van der Waals surface area contributed by atoms with E-state index in [0.29, 0.717) is 48.5 Å². The number of aliphatic carboxylic acids is 1. The number of pyridine rings is 4. The van der Waals surface area contributed by atoms with E-state index in [9.17, 15) is 15.0 Å². The molecule has 1 atom stereocenters. The molecule has 0 bridgehead atoms. The molecule has 51 heavy (non-hydrogen) atoms. The number of rotatable bonds is 10. The number of halogens is 1. The second kappa shape index (κ2) is 13.8. The quantitative estimate of drug-likeness (QED) is 0.120. The molecule has 2 aromatic carbocycles. The minimum absolute atomic E-state index is 0.251. The molecule has 2 aliphatic rings. The summed E-state index contributed by atoms with van der Waals surface area (Å²) >= 11 is 7.11. The number of hydrogen-bond acceptors (Lipinski definition) is 10. The average Bonchev–Trinajstić information content (AvgIpc) is 3.52. The van der Waals surface area contributed by atoms with Crippen LogP contribution in [-0.4, -0.2) is 78.2 Å². The number of benzene rings is 2. The number of aromatic nitrogens is 4. The van der Waals surface area contributed by atoms with E-state index in [1.54, 1.807) is 12.4 Å². The highest BCUT2D eigenvalue weighted by Crippen LogP contribution is 2.39. The van der Waals surface area contributed by atoms with Gasteiger partial charge >= 0.3 is 5.97 Å². The van der Waals surface area contributed by atoms with Gasteiger partial charge in [0.15, 0.2) is 11.6 Å². The molecule has 4 aromatic heterocycles. The van der Waals surface area contributed by atoms with Crippen LogP contribution in [0.3, 0.4) is 0 Å². The maximum Gasteiger partial charge on any atom is 0.309 e. The number of likely N-dealkylation sites (tertiary alicyclic amines) is 2. The molecule has 4 N–H and O–H groups in total. The topological polar surface area (TPSA) is 140 Å². The monoisotopic (exact) mass is 700 g/mol. The fraction of sp³-hybridized carbons (Fsp3) is 0.256. The smallest absolute Gasteiger partial charge is 0.309 e. The van der Waals surface area contributed by atoms with Crippen LogP contribution in [-0.2, 0) is 17.9 Å². The van der Waals surface area contributed by atoms with E-state index in [0.717, 1.165) is 74.8 Å². The lowest BCUT2D eigenvalue weighted by molar-refractivity contribution is -0.147. The first-order chi connectivity index (χ1) is 24.8. The molecule has 2 saturated heterocycles. The van der Waals surface area contributed by atoms with E-state index in [1.807, 2.05) is 54.9 Å². The van der Waals surface area contributed by atoms with Crippen molar-refractivity contribution in [2.75, 3.05) is 36.8 Å². The van der Waals surface area contributed by atoms with Crippen LogP contribution in [0.25, 0.3) is 32.9 Å². The highest BCUT2D eigenvalue weighted by molar-refractivity contribution is 6.36. The zero-order valence-electron chi connectivity index (χ0n) is 28.1. The van der Waals surface area contributed by atoms with Gasteiger partial charge < -0.3 is 20.8 Å². The predicted octanol–water partition coefficient (Wildman–Crippen LogP) is 6.77. The lowest BCUT2D eigenvalue weighted by Gasteiger charge is -2.36. The molecule has 0 amide bonds. The number of β-amino-alcohol motifs (C(OH)–C–C–N with tert-alkyl or cyclic N) is 1. The second-order valence-corrected chi connectivity index (χ2v) is 13.8. The second-order valence-electron chi connectivity index (χ2n) is 13.5. The third kappa shape index (κ3) is 6.81. The third-order valence-electron chi connectivity index (χ3n) is 9.81. The fourth-order valence-corrected chi connectivity index (χ4v) is 7.32. The molecule has 2 aliphatic heterocycles. The van der Waals surface area contributed by atoms with Crippen molar-refractivity contribution in [2.24, 2.45) is 5.92 Å². The van der Waals surface area contributed by atoms with Crippen molar-refractivity contribution in [2.45, 2.75) is 32.5 Å². The van der Waals surface area contributed by atoms with E-state index in [-0.39, 0.29) is 12.0 Å². The van der Waals surface area contributed by atoms with Crippen LogP contribution in [0.1, 0.15) is 23.1 Å². The van der Waals surface area contributed by atoms with Crippen molar-refractivity contribution in [1.82, 2.24) is 29.7 Å². The van der Waals surface area contributed by atoms with Crippen molar-refractivity contribution in [3.63, 3.8) is 0 Å². The number of fused-ring (bicyclic) bond motifs is 2. The summed E-state index contributed by atoms with van der Waals surface area (Å²) in [6.07, 6.45) is 7.81. The van der Waals surface area contributed by atoms with Crippen molar-refractivity contribution in [3.8, 4) is 11.1 Å². The van der Waals surface area contributed by atoms with Gasteiger partial charge in [-0.05, 0) is 72.0 Å². The molecule has 0 unspecified atom stereocenters. The molecular weight excluding hydrogens is 664 g/mol. The molecule has 8 rings (SSSR count). The van der Waals surface area contributed by atoms with Crippen LogP contribution >= 0.6 is 11.6 Å². The Morgan fingerprint density at radius 2 is 1.39 bits per heavy atom. The number of carboxylic acids is 1. The van der Waals surface area contributed by atoms with Gasteiger partial charge in [0.05, 0.1) is 22.7 Å². The molecule has 12 heteroatoms. The number of nitrogens with one attached hydrogen (secondary N) is 2. The van der Waals surface area contributed by atoms with Gasteiger partial charge in [-0.2, -0.15) is 0 Å². The van der Waals surface area contributed by atoms with E-state index in [4.69, 9.17) is 21.6 Å². The number of anilines is 4. The van der Waals surface area contributed by atoms with Crippen molar-refractivity contribution in [3.05, 3.63) is 107 Å². The molecule has 6 heterocycles.